The molecule has 0 saturated carbocycles. The smallest absolute Gasteiger partial charge is 0.263 e. The Balaban J connectivity index is 2.65. The first-order valence-corrected chi connectivity index (χ1v) is 7.12. The molecule has 17 heavy (non-hydrogen) atoms. The third kappa shape index (κ3) is 1.85. The lowest BCUT2D eigenvalue weighted by molar-refractivity contribution is 1.35. The number of rotatable bonds is 2. The van der Waals surface area contributed by atoms with Crippen molar-refractivity contribution in [3.63, 3.8) is 0 Å². The van der Waals surface area contributed by atoms with Crippen LogP contribution in [0.15, 0.2) is 48.8 Å². The van der Waals surface area contributed by atoms with Gasteiger partial charge in [0.2, 0.25) is 0 Å². The van der Waals surface area contributed by atoms with E-state index in [0.29, 0.717) is 0 Å². The highest BCUT2D eigenvalue weighted by atomic mass is 28.3. The quantitative estimate of drug-likeness (QED) is 0.555. The number of aromatic nitrogens is 2. The summed E-state index contributed by atoms with van der Waals surface area (Å²) in [5.41, 5.74) is 5.55. The molecule has 0 aliphatic heterocycles. The molecule has 3 heteroatoms. The first-order chi connectivity index (χ1) is 8.33. The zero-order chi connectivity index (χ0) is 12.1. The lowest BCUT2D eigenvalue weighted by atomic mass is 10.5. The molecule has 80 valence electrons. The van der Waals surface area contributed by atoms with Crippen LogP contribution in [0.1, 0.15) is 0 Å². The van der Waals surface area contributed by atoms with Gasteiger partial charge in [-0.3, -0.25) is 9.97 Å². The van der Waals surface area contributed by atoms with Crippen LogP contribution in [-0.4, -0.2) is 18.0 Å². The van der Waals surface area contributed by atoms with Crippen molar-refractivity contribution in [1.29, 1.82) is 0 Å². The van der Waals surface area contributed by atoms with Gasteiger partial charge in [-0.1, -0.05) is 12.1 Å². The van der Waals surface area contributed by atoms with E-state index >= 15 is 0 Å². The maximum Gasteiger partial charge on any atom is 0.310 e. The fourth-order valence-corrected chi connectivity index (χ4v) is 3.80. The van der Waals surface area contributed by atoms with Gasteiger partial charge in [-0.15, -0.1) is 23.9 Å². The molecule has 0 unspecified atom stereocenters. The number of hydrogen-bond donors (Lipinski definition) is 0. The summed E-state index contributed by atoms with van der Waals surface area (Å²) in [6.45, 7) is 0. The van der Waals surface area contributed by atoms with Gasteiger partial charge >= 0.3 is 8.07 Å². The summed E-state index contributed by atoms with van der Waals surface area (Å²) in [5.74, 6) is 0. The van der Waals surface area contributed by atoms with Crippen LogP contribution in [0.3, 0.4) is 0 Å². The van der Waals surface area contributed by atoms with Gasteiger partial charge in [0.15, 0.2) is 0 Å². The Kier molecular flexibility index (Phi) is 3.05. The molecule has 2 aromatic heterocycles. The monoisotopic (exact) mass is 234 g/mol. The average Bonchev–Trinajstić information content (AvgIpc) is 2.43. The molecule has 0 aliphatic rings. The van der Waals surface area contributed by atoms with Crippen LogP contribution < -0.4 is 10.6 Å². The van der Waals surface area contributed by atoms with Crippen LogP contribution in [0.4, 0.5) is 0 Å². The molecule has 0 bridgehead atoms. The van der Waals surface area contributed by atoms with Gasteiger partial charge in [0, 0.05) is 12.4 Å². The van der Waals surface area contributed by atoms with Gasteiger partial charge in [0.1, 0.15) is 0 Å². The summed E-state index contributed by atoms with van der Waals surface area (Å²) in [6, 6.07) is 11.2. The Hall–Kier alpha value is -2.36. The fourth-order valence-electron chi connectivity index (χ4n) is 1.64. The summed E-state index contributed by atoms with van der Waals surface area (Å²) in [7, 11) is -2.66. The standard InChI is InChI=1S/C14H10N2Si/c1-3-17(4-2,13-9-5-7-11-15-13)14-10-6-8-12-16-14/h1-2,5-12H. The molecule has 2 nitrogen and oxygen atoms in total. The number of hydrogen-bond acceptors (Lipinski definition) is 2. The molecule has 0 atom stereocenters. The fraction of sp³-hybridized carbons (Fsp3) is 0. The summed E-state index contributed by atoms with van der Waals surface area (Å²) in [6.07, 6.45) is 14.7. The van der Waals surface area contributed by atoms with Crippen LogP contribution in [-0.2, 0) is 0 Å². The van der Waals surface area contributed by atoms with E-state index in [0.717, 1.165) is 10.6 Å². The zero-order valence-corrected chi connectivity index (χ0v) is 10.2. The Labute approximate surface area is 102 Å². The number of pyridine rings is 2. The van der Waals surface area contributed by atoms with Crippen molar-refractivity contribution in [2.24, 2.45) is 0 Å². The van der Waals surface area contributed by atoms with E-state index in [2.05, 4.69) is 21.1 Å². The van der Waals surface area contributed by atoms with Gasteiger partial charge < -0.3 is 0 Å². The van der Waals surface area contributed by atoms with Crippen LogP contribution in [0.2, 0.25) is 0 Å². The maximum atomic E-state index is 5.67. The molecule has 0 aliphatic carbocycles. The average molecular weight is 234 g/mol. The topological polar surface area (TPSA) is 25.8 Å². The molecule has 0 fully saturated rings. The summed E-state index contributed by atoms with van der Waals surface area (Å²) >= 11 is 0. The number of terminal acetylenes is 2. The van der Waals surface area contributed by atoms with Gasteiger partial charge in [-0.25, -0.2) is 0 Å². The Morgan fingerprint density at radius 1 is 0.824 bits per heavy atom. The molecular weight excluding hydrogens is 224 g/mol. The summed E-state index contributed by atoms with van der Waals surface area (Å²) in [5, 5.41) is 1.56. The third-order valence-electron chi connectivity index (χ3n) is 2.53. The van der Waals surface area contributed by atoms with E-state index in [-0.39, 0.29) is 0 Å². The molecule has 2 rings (SSSR count). The Bertz CT molecular complexity index is 524. The zero-order valence-electron chi connectivity index (χ0n) is 9.17. The minimum atomic E-state index is -2.66. The summed E-state index contributed by atoms with van der Waals surface area (Å²) in [4.78, 5) is 8.61. The Morgan fingerprint density at radius 3 is 1.59 bits per heavy atom. The minimum Gasteiger partial charge on any atom is -0.263 e. The highest BCUT2D eigenvalue weighted by Crippen LogP contribution is 1.99. The van der Waals surface area contributed by atoms with Crippen LogP contribution in [0.5, 0.6) is 0 Å². The van der Waals surface area contributed by atoms with E-state index < -0.39 is 8.07 Å². The van der Waals surface area contributed by atoms with Crippen LogP contribution >= 0.6 is 0 Å². The molecule has 2 heterocycles. The first kappa shape index (κ1) is 11.1. The number of nitrogens with zero attached hydrogens (tertiary/aromatic N) is 2. The van der Waals surface area contributed by atoms with E-state index in [1.807, 2.05) is 36.4 Å². The predicted octanol–water partition coefficient (Wildman–Crippen LogP) is 0.384. The van der Waals surface area contributed by atoms with Gasteiger partial charge in [-0.05, 0) is 24.3 Å². The predicted molar refractivity (Wildman–Crippen MR) is 71.2 cm³/mol. The van der Waals surface area contributed by atoms with Crippen molar-refractivity contribution >= 4 is 18.7 Å². The van der Waals surface area contributed by atoms with Crippen LogP contribution in [0.25, 0.3) is 0 Å². The van der Waals surface area contributed by atoms with Crippen molar-refractivity contribution in [2.75, 3.05) is 0 Å². The molecule has 0 amide bonds. The minimum absolute atomic E-state index is 0.781. The molecule has 2 aromatic rings. The third-order valence-corrected chi connectivity index (χ3v) is 5.53. The second kappa shape index (κ2) is 4.65. The second-order valence-electron chi connectivity index (χ2n) is 3.47. The molecule has 0 radical (unpaired) electrons. The molecular formula is C14H10N2Si. The van der Waals surface area contributed by atoms with Crippen LogP contribution in [0, 0.1) is 23.9 Å². The summed E-state index contributed by atoms with van der Waals surface area (Å²) < 4.78 is 0. The van der Waals surface area contributed by atoms with Crippen molar-refractivity contribution in [1.82, 2.24) is 9.97 Å². The molecule has 0 spiro atoms. The first-order valence-electron chi connectivity index (χ1n) is 5.12. The Morgan fingerprint density at radius 2 is 1.29 bits per heavy atom. The van der Waals surface area contributed by atoms with Gasteiger partial charge in [0.25, 0.3) is 0 Å². The molecule has 0 saturated heterocycles. The normalized spacial score (nSPS) is 10.2. The van der Waals surface area contributed by atoms with Crippen molar-refractivity contribution in [3.05, 3.63) is 48.8 Å². The van der Waals surface area contributed by atoms with Gasteiger partial charge in [-0.2, -0.15) is 0 Å². The highest BCUT2D eigenvalue weighted by Gasteiger charge is 2.37. The molecule has 0 aromatic carbocycles. The second-order valence-corrected chi connectivity index (χ2v) is 6.57. The maximum absolute atomic E-state index is 5.67. The van der Waals surface area contributed by atoms with Crippen molar-refractivity contribution in [3.8, 4) is 23.9 Å². The SMILES string of the molecule is C#C[Si](C#C)(c1ccccn1)c1ccccn1. The van der Waals surface area contributed by atoms with Crippen molar-refractivity contribution < 1.29 is 0 Å². The van der Waals surface area contributed by atoms with E-state index in [1.54, 1.807) is 12.4 Å². The van der Waals surface area contributed by atoms with Gasteiger partial charge in [0.05, 0.1) is 10.6 Å². The van der Waals surface area contributed by atoms with E-state index in [9.17, 15) is 0 Å². The largest absolute Gasteiger partial charge is 0.310 e. The lowest BCUT2D eigenvalue weighted by Gasteiger charge is -2.17. The molecule has 0 N–H and O–H groups in total. The highest BCUT2D eigenvalue weighted by molar-refractivity contribution is 7.12. The van der Waals surface area contributed by atoms with E-state index in [4.69, 9.17) is 12.8 Å². The van der Waals surface area contributed by atoms with Crippen molar-refractivity contribution in [2.45, 2.75) is 0 Å². The van der Waals surface area contributed by atoms with E-state index in [1.165, 1.54) is 0 Å². The lowest BCUT2D eigenvalue weighted by Crippen LogP contribution is -2.59.